The van der Waals surface area contributed by atoms with Crippen molar-refractivity contribution in [3.63, 3.8) is 0 Å². The van der Waals surface area contributed by atoms with Gasteiger partial charge >= 0.3 is 0 Å². The van der Waals surface area contributed by atoms with Gasteiger partial charge in [0.15, 0.2) is 0 Å². The van der Waals surface area contributed by atoms with E-state index in [0.29, 0.717) is 12.0 Å². The second-order valence-electron chi connectivity index (χ2n) is 5.70. The molecular weight excluding hydrogens is 226 g/mol. The lowest BCUT2D eigenvalue weighted by Crippen LogP contribution is -2.62. The van der Waals surface area contributed by atoms with Gasteiger partial charge in [-0.2, -0.15) is 0 Å². The van der Waals surface area contributed by atoms with E-state index in [4.69, 9.17) is 0 Å². The fraction of sp³-hybridized carbons (Fsp3) is 0.929. The summed E-state index contributed by atoms with van der Waals surface area (Å²) >= 11 is 0. The molecule has 4 heteroatoms. The van der Waals surface area contributed by atoms with E-state index in [9.17, 15) is 4.79 Å². The molecule has 0 aromatic carbocycles. The fourth-order valence-electron chi connectivity index (χ4n) is 2.24. The Balaban J connectivity index is 2.38. The summed E-state index contributed by atoms with van der Waals surface area (Å²) in [5, 5.41) is 6.33. The Labute approximate surface area is 111 Å². The molecule has 1 fully saturated rings. The molecule has 0 aromatic rings. The van der Waals surface area contributed by atoms with Crippen molar-refractivity contribution in [3.8, 4) is 0 Å². The molecule has 2 N–H and O–H groups in total. The first-order valence-electron chi connectivity index (χ1n) is 7.30. The number of hydrogen-bond acceptors (Lipinski definition) is 3. The smallest absolute Gasteiger partial charge is 0.237 e. The van der Waals surface area contributed by atoms with Crippen molar-refractivity contribution in [2.24, 2.45) is 5.92 Å². The molecule has 0 spiro atoms. The minimum atomic E-state index is -0.00999. The molecule has 0 aromatic heterocycles. The molecule has 1 saturated heterocycles. The zero-order valence-corrected chi connectivity index (χ0v) is 12.3. The lowest BCUT2D eigenvalue weighted by Gasteiger charge is -2.41. The Hall–Kier alpha value is -0.610. The van der Waals surface area contributed by atoms with Gasteiger partial charge in [-0.1, -0.05) is 20.8 Å². The van der Waals surface area contributed by atoms with Gasteiger partial charge in [-0.15, -0.1) is 0 Å². The van der Waals surface area contributed by atoms with E-state index >= 15 is 0 Å². The van der Waals surface area contributed by atoms with Gasteiger partial charge in [0.1, 0.15) is 0 Å². The molecule has 18 heavy (non-hydrogen) atoms. The maximum absolute atomic E-state index is 12.1. The summed E-state index contributed by atoms with van der Waals surface area (Å²) in [6.45, 7) is 12.4. The first-order valence-corrected chi connectivity index (χ1v) is 7.30. The number of carbonyl (C=O) groups is 1. The third kappa shape index (κ3) is 4.58. The largest absolute Gasteiger partial charge is 0.355 e. The summed E-state index contributed by atoms with van der Waals surface area (Å²) in [7, 11) is 0. The van der Waals surface area contributed by atoms with Crippen molar-refractivity contribution >= 4 is 5.91 Å². The Kier molecular flexibility index (Phi) is 6.65. The predicted octanol–water partition coefficient (Wildman–Crippen LogP) is 1.22. The molecule has 1 unspecified atom stereocenters. The fourth-order valence-corrected chi connectivity index (χ4v) is 2.24. The minimum Gasteiger partial charge on any atom is -0.355 e. The van der Waals surface area contributed by atoms with E-state index in [1.807, 2.05) is 6.92 Å². The van der Waals surface area contributed by atoms with Gasteiger partial charge in [0, 0.05) is 25.7 Å². The Morgan fingerprint density at radius 3 is 2.50 bits per heavy atom. The molecule has 4 nitrogen and oxygen atoms in total. The summed E-state index contributed by atoms with van der Waals surface area (Å²) in [6, 6.07) is 0.528. The lowest BCUT2D eigenvalue weighted by atomic mass is 10.1. The van der Waals surface area contributed by atoms with E-state index in [1.54, 1.807) is 0 Å². The van der Waals surface area contributed by atoms with E-state index in [0.717, 1.165) is 39.0 Å². The van der Waals surface area contributed by atoms with Crippen LogP contribution in [0.3, 0.4) is 0 Å². The number of carbonyl (C=O) groups excluding carboxylic acids is 1. The first kappa shape index (κ1) is 15.4. The number of amides is 1. The van der Waals surface area contributed by atoms with Crippen molar-refractivity contribution in [3.05, 3.63) is 0 Å². The molecule has 0 saturated carbocycles. The maximum Gasteiger partial charge on any atom is 0.237 e. The number of rotatable bonds is 8. The van der Waals surface area contributed by atoms with Crippen LogP contribution in [0.25, 0.3) is 0 Å². The quantitative estimate of drug-likeness (QED) is 0.685. The van der Waals surface area contributed by atoms with Crippen molar-refractivity contribution in [1.82, 2.24) is 15.5 Å². The number of nitrogens with one attached hydrogen (secondary N) is 2. The van der Waals surface area contributed by atoms with Gasteiger partial charge in [-0.25, -0.2) is 0 Å². The molecular formula is C14H29N3O. The van der Waals surface area contributed by atoms with Crippen LogP contribution in [0.1, 0.15) is 40.5 Å². The van der Waals surface area contributed by atoms with Crippen LogP contribution in [0, 0.1) is 5.92 Å². The molecule has 1 aliphatic rings. The first-order chi connectivity index (χ1) is 8.56. The normalized spacial score (nSPS) is 17.9. The Morgan fingerprint density at radius 1 is 1.39 bits per heavy atom. The summed E-state index contributed by atoms with van der Waals surface area (Å²) in [5.41, 5.74) is 0. The van der Waals surface area contributed by atoms with Gasteiger partial charge in [0.05, 0.1) is 6.04 Å². The van der Waals surface area contributed by atoms with Crippen LogP contribution in [-0.2, 0) is 4.79 Å². The summed E-state index contributed by atoms with van der Waals surface area (Å²) < 4.78 is 0. The number of nitrogens with zero attached hydrogens (tertiary/aromatic N) is 1. The molecule has 1 rings (SSSR count). The average molecular weight is 255 g/mol. The maximum atomic E-state index is 12.1. The Morgan fingerprint density at radius 2 is 2.06 bits per heavy atom. The lowest BCUT2D eigenvalue weighted by molar-refractivity contribution is -0.127. The van der Waals surface area contributed by atoms with E-state index in [-0.39, 0.29) is 11.9 Å². The van der Waals surface area contributed by atoms with Crippen LogP contribution >= 0.6 is 0 Å². The molecule has 1 amide bonds. The molecule has 1 atom stereocenters. The highest BCUT2D eigenvalue weighted by atomic mass is 16.2. The zero-order valence-electron chi connectivity index (χ0n) is 12.3. The molecule has 0 aliphatic carbocycles. The molecule has 1 heterocycles. The second-order valence-corrected chi connectivity index (χ2v) is 5.70. The predicted molar refractivity (Wildman–Crippen MR) is 75.6 cm³/mol. The van der Waals surface area contributed by atoms with Gasteiger partial charge in [0.2, 0.25) is 5.91 Å². The zero-order chi connectivity index (χ0) is 13.5. The van der Waals surface area contributed by atoms with E-state index in [2.05, 4.69) is 36.3 Å². The monoisotopic (exact) mass is 255 g/mol. The SMILES string of the molecule is CCCN(C1CNC1)C(C)C(=O)NCCC(C)C. The van der Waals surface area contributed by atoms with Crippen LogP contribution in [-0.4, -0.2) is 49.1 Å². The highest BCUT2D eigenvalue weighted by molar-refractivity contribution is 5.81. The van der Waals surface area contributed by atoms with Crippen molar-refractivity contribution in [2.75, 3.05) is 26.2 Å². The van der Waals surface area contributed by atoms with Gasteiger partial charge in [-0.3, -0.25) is 9.69 Å². The van der Waals surface area contributed by atoms with Crippen LogP contribution in [0.15, 0.2) is 0 Å². The molecule has 0 bridgehead atoms. The third-order valence-electron chi connectivity index (χ3n) is 3.61. The van der Waals surface area contributed by atoms with Crippen LogP contribution < -0.4 is 10.6 Å². The van der Waals surface area contributed by atoms with Crippen LogP contribution in [0.5, 0.6) is 0 Å². The van der Waals surface area contributed by atoms with Crippen molar-refractivity contribution < 1.29 is 4.79 Å². The minimum absolute atomic E-state index is 0.00999. The number of hydrogen-bond donors (Lipinski definition) is 2. The Bertz CT molecular complexity index is 251. The standard InChI is InChI=1S/C14H29N3O/c1-5-8-17(13-9-15-10-13)12(4)14(18)16-7-6-11(2)3/h11-13,15H,5-10H2,1-4H3,(H,16,18). The molecule has 0 radical (unpaired) electrons. The average Bonchev–Trinajstić information content (AvgIpc) is 2.24. The summed E-state index contributed by atoms with van der Waals surface area (Å²) in [6.07, 6.45) is 2.15. The third-order valence-corrected chi connectivity index (χ3v) is 3.61. The van der Waals surface area contributed by atoms with E-state index < -0.39 is 0 Å². The highest BCUT2D eigenvalue weighted by Gasteiger charge is 2.30. The molecule has 106 valence electrons. The topological polar surface area (TPSA) is 44.4 Å². The van der Waals surface area contributed by atoms with Crippen molar-refractivity contribution in [2.45, 2.75) is 52.6 Å². The van der Waals surface area contributed by atoms with Gasteiger partial charge in [0.25, 0.3) is 0 Å². The second kappa shape index (κ2) is 7.74. The van der Waals surface area contributed by atoms with Crippen LogP contribution in [0.4, 0.5) is 0 Å². The molecule has 1 aliphatic heterocycles. The van der Waals surface area contributed by atoms with Crippen LogP contribution in [0.2, 0.25) is 0 Å². The summed E-state index contributed by atoms with van der Waals surface area (Å²) in [4.78, 5) is 14.4. The van der Waals surface area contributed by atoms with Gasteiger partial charge in [-0.05, 0) is 32.2 Å². The van der Waals surface area contributed by atoms with Gasteiger partial charge < -0.3 is 10.6 Å². The highest BCUT2D eigenvalue weighted by Crippen LogP contribution is 2.11. The summed E-state index contributed by atoms with van der Waals surface area (Å²) in [5.74, 6) is 0.819. The van der Waals surface area contributed by atoms with Crippen molar-refractivity contribution in [1.29, 1.82) is 0 Å². The van der Waals surface area contributed by atoms with E-state index in [1.165, 1.54) is 0 Å².